The lowest BCUT2D eigenvalue weighted by molar-refractivity contribution is 0.273. The Morgan fingerprint density at radius 1 is 1.14 bits per heavy atom. The minimum Gasteiger partial charge on any atom is -0.497 e. The van der Waals surface area contributed by atoms with Gasteiger partial charge < -0.3 is 19.0 Å². The van der Waals surface area contributed by atoms with Gasteiger partial charge in [-0.05, 0) is 31.4 Å². The van der Waals surface area contributed by atoms with Gasteiger partial charge in [-0.15, -0.1) is 0 Å². The first-order valence-corrected chi connectivity index (χ1v) is 7.10. The van der Waals surface area contributed by atoms with Crippen LogP contribution in [0, 0.1) is 0 Å². The fourth-order valence-corrected chi connectivity index (χ4v) is 2.11. The summed E-state index contributed by atoms with van der Waals surface area (Å²) >= 11 is 0. The van der Waals surface area contributed by atoms with Crippen molar-refractivity contribution in [2.24, 2.45) is 0 Å². The molecule has 0 amide bonds. The summed E-state index contributed by atoms with van der Waals surface area (Å²) in [6.07, 6.45) is 3.68. The van der Waals surface area contributed by atoms with E-state index in [0.717, 1.165) is 31.1 Å². The number of fused-ring (bicyclic) bond motifs is 1. The lowest BCUT2D eigenvalue weighted by Gasteiger charge is -2.09. The van der Waals surface area contributed by atoms with Crippen molar-refractivity contribution in [1.29, 1.82) is 0 Å². The van der Waals surface area contributed by atoms with Crippen molar-refractivity contribution < 1.29 is 19.0 Å². The Hall–Kier alpha value is -2.01. The molecule has 0 atom stereocenters. The zero-order chi connectivity index (χ0) is 15.1. The van der Waals surface area contributed by atoms with Crippen LogP contribution in [0.3, 0.4) is 0 Å². The van der Waals surface area contributed by atoms with Gasteiger partial charge in [-0.3, -0.25) is 0 Å². The first-order chi connectivity index (χ1) is 10.2. The highest BCUT2D eigenvalue weighted by molar-refractivity contribution is 5.84. The number of aliphatic hydroxyl groups is 1. The second-order valence-corrected chi connectivity index (χ2v) is 4.78. The van der Waals surface area contributed by atoms with Gasteiger partial charge in [0.25, 0.3) is 0 Å². The Morgan fingerprint density at radius 3 is 2.71 bits per heavy atom. The molecule has 2 rings (SSSR count). The normalized spacial score (nSPS) is 10.8. The van der Waals surface area contributed by atoms with Gasteiger partial charge in [-0.25, -0.2) is 4.79 Å². The van der Waals surface area contributed by atoms with Crippen LogP contribution < -0.4 is 15.1 Å². The summed E-state index contributed by atoms with van der Waals surface area (Å²) in [5.41, 5.74) is 0.0168. The quantitative estimate of drug-likeness (QED) is 0.598. The van der Waals surface area contributed by atoms with Crippen molar-refractivity contribution in [1.82, 2.24) is 0 Å². The summed E-state index contributed by atoms with van der Waals surface area (Å²) in [6, 6.07) is 6.65. The van der Waals surface area contributed by atoms with E-state index >= 15 is 0 Å². The maximum Gasteiger partial charge on any atom is 0.339 e. The number of benzene rings is 1. The number of hydrogen-bond acceptors (Lipinski definition) is 5. The molecule has 0 aliphatic carbocycles. The van der Waals surface area contributed by atoms with Crippen LogP contribution in [0.5, 0.6) is 11.5 Å². The third-order valence-corrected chi connectivity index (χ3v) is 3.22. The number of aliphatic hydroxyl groups excluding tert-OH is 1. The van der Waals surface area contributed by atoms with Crippen LogP contribution in [0.15, 0.2) is 33.5 Å². The van der Waals surface area contributed by atoms with Crippen LogP contribution in [0.25, 0.3) is 11.0 Å². The topological polar surface area (TPSA) is 68.9 Å². The van der Waals surface area contributed by atoms with Crippen LogP contribution in [-0.2, 0) is 0 Å². The molecule has 0 aliphatic rings. The molecule has 1 N–H and O–H groups in total. The van der Waals surface area contributed by atoms with Crippen molar-refractivity contribution >= 4 is 11.0 Å². The van der Waals surface area contributed by atoms with Gasteiger partial charge in [0.15, 0.2) is 0 Å². The molecular formula is C16H20O5. The summed E-state index contributed by atoms with van der Waals surface area (Å²) in [5.74, 6) is 1.16. The predicted octanol–water partition coefficient (Wildman–Crippen LogP) is 2.73. The zero-order valence-corrected chi connectivity index (χ0v) is 12.1. The van der Waals surface area contributed by atoms with Gasteiger partial charge in [0.2, 0.25) is 0 Å². The third kappa shape index (κ3) is 4.23. The average molecular weight is 292 g/mol. The van der Waals surface area contributed by atoms with Crippen LogP contribution in [0.4, 0.5) is 0 Å². The van der Waals surface area contributed by atoms with Crippen molar-refractivity contribution in [2.45, 2.75) is 25.7 Å². The fraction of sp³-hybridized carbons (Fsp3) is 0.438. The van der Waals surface area contributed by atoms with E-state index in [1.165, 1.54) is 6.07 Å². The molecule has 0 spiro atoms. The van der Waals surface area contributed by atoms with Gasteiger partial charge in [0, 0.05) is 12.7 Å². The van der Waals surface area contributed by atoms with E-state index in [-0.39, 0.29) is 6.61 Å². The maximum absolute atomic E-state index is 11.6. The van der Waals surface area contributed by atoms with E-state index in [1.54, 1.807) is 19.2 Å². The van der Waals surface area contributed by atoms with E-state index in [4.69, 9.17) is 19.0 Å². The summed E-state index contributed by atoms with van der Waals surface area (Å²) in [6.45, 7) is 0.767. The predicted molar refractivity (Wildman–Crippen MR) is 80.1 cm³/mol. The second kappa shape index (κ2) is 7.69. The summed E-state index contributed by atoms with van der Waals surface area (Å²) in [5, 5.41) is 9.46. The Bertz CT molecular complexity index is 632. The first kappa shape index (κ1) is 15.4. The molecule has 5 nitrogen and oxygen atoms in total. The Morgan fingerprint density at radius 2 is 1.95 bits per heavy atom. The van der Waals surface area contributed by atoms with E-state index in [0.29, 0.717) is 23.7 Å². The molecule has 0 aliphatic heterocycles. The highest BCUT2D eigenvalue weighted by Gasteiger charge is 2.08. The fourth-order valence-electron chi connectivity index (χ4n) is 2.11. The molecule has 1 aromatic heterocycles. The molecule has 5 heteroatoms. The molecule has 21 heavy (non-hydrogen) atoms. The standard InChI is InChI=1S/C16H20O5/c1-19-12-6-7-13-14(11-16(18)21-15(13)10-12)20-9-5-3-2-4-8-17/h6-7,10-11,17H,2-5,8-9H2,1H3. The third-order valence-electron chi connectivity index (χ3n) is 3.22. The molecule has 0 saturated carbocycles. The lowest BCUT2D eigenvalue weighted by atomic mass is 10.2. The SMILES string of the molecule is COc1ccc2c(OCCCCCCO)cc(=O)oc2c1. The lowest BCUT2D eigenvalue weighted by Crippen LogP contribution is -2.03. The Labute approximate surface area is 123 Å². The van der Waals surface area contributed by atoms with E-state index in [1.807, 2.05) is 6.07 Å². The molecule has 1 aromatic carbocycles. The number of hydrogen-bond donors (Lipinski definition) is 1. The van der Waals surface area contributed by atoms with Gasteiger partial charge in [-0.1, -0.05) is 6.42 Å². The van der Waals surface area contributed by atoms with Gasteiger partial charge in [0.1, 0.15) is 17.1 Å². The molecule has 0 bridgehead atoms. The molecule has 1 heterocycles. The van der Waals surface area contributed by atoms with Crippen molar-refractivity contribution in [3.8, 4) is 11.5 Å². The van der Waals surface area contributed by atoms with E-state index in [9.17, 15) is 4.79 Å². The second-order valence-electron chi connectivity index (χ2n) is 4.78. The van der Waals surface area contributed by atoms with Gasteiger partial charge >= 0.3 is 5.63 Å². The summed E-state index contributed by atoms with van der Waals surface area (Å²) in [7, 11) is 1.56. The van der Waals surface area contributed by atoms with E-state index < -0.39 is 5.63 Å². The minimum atomic E-state index is -0.439. The largest absolute Gasteiger partial charge is 0.497 e. The molecule has 2 aromatic rings. The van der Waals surface area contributed by atoms with Crippen molar-refractivity contribution in [3.05, 3.63) is 34.7 Å². The molecule has 0 unspecified atom stereocenters. The number of methoxy groups -OCH3 is 1. The van der Waals surface area contributed by atoms with Crippen molar-refractivity contribution in [3.63, 3.8) is 0 Å². The first-order valence-electron chi connectivity index (χ1n) is 7.10. The van der Waals surface area contributed by atoms with Crippen molar-refractivity contribution in [2.75, 3.05) is 20.3 Å². The minimum absolute atomic E-state index is 0.229. The Kier molecular flexibility index (Phi) is 5.63. The van der Waals surface area contributed by atoms with Crippen LogP contribution >= 0.6 is 0 Å². The number of unbranched alkanes of at least 4 members (excludes halogenated alkanes) is 3. The molecule has 0 fully saturated rings. The summed E-state index contributed by atoms with van der Waals surface area (Å²) in [4.78, 5) is 11.6. The highest BCUT2D eigenvalue weighted by Crippen LogP contribution is 2.27. The number of ether oxygens (including phenoxy) is 2. The molecule has 0 radical (unpaired) electrons. The number of rotatable bonds is 8. The monoisotopic (exact) mass is 292 g/mol. The molecule has 0 saturated heterocycles. The van der Waals surface area contributed by atoms with Gasteiger partial charge in [0.05, 0.1) is 25.2 Å². The van der Waals surface area contributed by atoms with Gasteiger partial charge in [-0.2, -0.15) is 0 Å². The maximum atomic E-state index is 11.6. The van der Waals surface area contributed by atoms with Crippen LogP contribution in [-0.4, -0.2) is 25.4 Å². The Balaban J connectivity index is 2.07. The smallest absolute Gasteiger partial charge is 0.339 e. The molecular weight excluding hydrogens is 272 g/mol. The summed E-state index contributed by atoms with van der Waals surface area (Å²) < 4.78 is 16.0. The van der Waals surface area contributed by atoms with Crippen LogP contribution in [0.2, 0.25) is 0 Å². The molecule has 114 valence electrons. The average Bonchev–Trinajstić information content (AvgIpc) is 2.49. The highest BCUT2D eigenvalue weighted by atomic mass is 16.5. The van der Waals surface area contributed by atoms with E-state index in [2.05, 4.69) is 0 Å². The zero-order valence-electron chi connectivity index (χ0n) is 12.1. The van der Waals surface area contributed by atoms with Crippen LogP contribution in [0.1, 0.15) is 25.7 Å².